The zero-order valence-electron chi connectivity index (χ0n) is 15.1. The summed E-state index contributed by atoms with van der Waals surface area (Å²) in [6.07, 6.45) is -7.05. The van der Waals surface area contributed by atoms with E-state index in [-0.39, 0.29) is 10.7 Å². The van der Waals surface area contributed by atoms with Crippen LogP contribution in [0.25, 0.3) is 16.7 Å². The molecular weight excluding hydrogens is 429 g/mol. The lowest BCUT2D eigenvalue weighted by atomic mass is 10.0. The minimum Gasteiger partial charge on any atom is -0.465 e. The highest BCUT2D eigenvalue weighted by atomic mass is 35.5. The molecule has 158 valence electrons. The maximum atomic E-state index is 12.9. The number of ether oxygens (including phenoxy) is 1. The summed E-state index contributed by atoms with van der Waals surface area (Å²) in [6.45, 7) is -1.24. The van der Waals surface area contributed by atoms with E-state index < -0.39 is 37.6 Å². The summed E-state index contributed by atoms with van der Waals surface area (Å²) in [5.74, 6) is 0. The zero-order valence-corrected chi connectivity index (χ0v) is 15.8. The Labute approximate surface area is 171 Å². The van der Waals surface area contributed by atoms with Crippen LogP contribution in [0, 0.1) is 0 Å². The number of benzene rings is 1. The van der Waals surface area contributed by atoms with Crippen LogP contribution >= 0.6 is 11.6 Å². The predicted molar refractivity (Wildman–Crippen MR) is 100.0 cm³/mol. The first-order valence-electron chi connectivity index (χ1n) is 8.69. The SMILES string of the molecule is O=C(O)N1C[C@H](C(F)(F)F)OC[C@H]1c1ccc(-n2c(Cl)cc3c(=O)[nH]cnc32)cc1. The second-order valence-corrected chi connectivity index (χ2v) is 7.06. The van der Waals surface area contributed by atoms with Crippen LogP contribution in [0.3, 0.4) is 0 Å². The largest absolute Gasteiger partial charge is 0.465 e. The summed E-state index contributed by atoms with van der Waals surface area (Å²) < 4.78 is 45.2. The van der Waals surface area contributed by atoms with Gasteiger partial charge in [0.1, 0.15) is 5.15 Å². The van der Waals surface area contributed by atoms with Gasteiger partial charge in [0.15, 0.2) is 11.8 Å². The summed E-state index contributed by atoms with van der Waals surface area (Å²) in [5.41, 5.74) is 0.981. The molecule has 30 heavy (non-hydrogen) atoms. The molecule has 1 aliphatic rings. The molecule has 1 aliphatic heterocycles. The van der Waals surface area contributed by atoms with Gasteiger partial charge < -0.3 is 14.8 Å². The molecule has 12 heteroatoms. The van der Waals surface area contributed by atoms with E-state index in [0.717, 1.165) is 4.90 Å². The summed E-state index contributed by atoms with van der Waals surface area (Å²) in [4.78, 5) is 30.7. The quantitative estimate of drug-likeness (QED) is 0.634. The number of aromatic amines is 1. The van der Waals surface area contributed by atoms with Crippen molar-refractivity contribution in [3.05, 3.63) is 57.7 Å². The van der Waals surface area contributed by atoms with Crippen molar-refractivity contribution in [2.24, 2.45) is 0 Å². The number of halogens is 4. The molecule has 2 N–H and O–H groups in total. The molecule has 1 fully saturated rings. The lowest BCUT2D eigenvalue weighted by Gasteiger charge is -2.38. The number of amides is 1. The normalized spacial score (nSPS) is 19.9. The number of fused-ring (bicyclic) bond motifs is 1. The summed E-state index contributed by atoms with van der Waals surface area (Å²) >= 11 is 6.24. The van der Waals surface area contributed by atoms with Crippen LogP contribution in [0.15, 0.2) is 41.5 Å². The Morgan fingerprint density at radius 2 is 2.00 bits per heavy atom. The lowest BCUT2D eigenvalue weighted by molar-refractivity contribution is -0.241. The Bertz CT molecular complexity index is 1160. The van der Waals surface area contributed by atoms with Crippen molar-refractivity contribution >= 4 is 28.7 Å². The van der Waals surface area contributed by atoms with Crippen molar-refractivity contribution in [2.45, 2.75) is 18.3 Å². The highest BCUT2D eigenvalue weighted by Gasteiger charge is 2.47. The number of H-pyrrole nitrogens is 1. The molecule has 3 aromatic rings. The van der Waals surface area contributed by atoms with E-state index in [1.165, 1.54) is 17.0 Å². The molecule has 0 bridgehead atoms. The smallest absolute Gasteiger partial charge is 0.416 e. The van der Waals surface area contributed by atoms with Crippen molar-refractivity contribution in [2.75, 3.05) is 13.2 Å². The summed E-state index contributed by atoms with van der Waals surface area (Å²) in [7, 11) is 0. The number of nitrogens with zero attached hydrogens (tertiary/aromatic N) is 3. The van der Waals surface area contributed by atoms with Crippen LogP contribution in [0.2, 0.25) is 5.15 Å². The van der Waals surface area contributed by atoms with Gasteiger partial charge in [0.2, 0.25) is 0 Å². The number of nitrogens with one attached hydrogen (secondary N) is 1. The van der Waals surface area contributed by atoms with Crippen molar-refractivity contribution in [3.63, 3.8) is 0 Å². The molecule has 0 aliphatic carbocycles. The van der Waals surface area contributed by atoms with Gasteiger partial charge in [0.25, 0.3) is 5.56 Å². The average molecular weight is 443 g/mol. The predicted octanol–water partition coefficient (Wildman–Crippen LogP) is 3.35. The number of hydrogen-bond donors (Lipinski definition) is 2. The Kier molecular flexibility index (Phi) is 4.94. The minimum atomic E-state index is -4.65. The summed E-state index contributed by atoms with van der Waals surface area (Å²) in [6, 6.07) is 6.94. The molecule has 0 spiro atoms. The number of aromatic nitrogens is 3. The number of rotatable bonds is 2. The van der Waals surface area contributed by atoms with E-state index in [9.17, 15) is 27.9 Å². The molecule has 0 unspecified atom stereocenters. The van der Waals surface area contributed by atoms with Crippen LogP contribution in [-0.2, 0) is 4.74 Å². The van der Waals surface area contributed by atoms with Gasteiger partial charge in [-0.05, 0) is 23.8 Å². The molecule has 8 nitrogen and oxygen atoms in total. The standard InChI is InChI=1S/C18H14ClF3N4O4/c19-14-5-11-15(23-8-24-16(11)27)26(14)10-3-1-9(2-4-10)12-7-30-13(18(20,21)22)6-25(12)17(28)29/h1-5,8,12-13H,6-7H2,(H,28,29)(H,23,24,27)/t12-,13+/m0/s1. The van der Waals surface area contributed by atoms with Gasteiger partial charge in [-0.3, -0.25) is 14.3 Å². The van der Waals surface area contributed by atoms with Gasteiger partial charge in [-0.15, -0.1) is 0 Å². The third-order valence-corrected chi connectivity index (χ3v) is 5.18. The van der Waals surface area contributed by atoms with Gasteiger partial charge >= 0.3 is 12.3 Å². The average Bonchev–Trinajstić information content (AvgIpc) is 3.04. The number of carbonyl (C=O) groups is 1. The fourth-order valence-electron chi connectivity index (χ4n) is 3.43. The third-order valence-electron chi connectivity index (χ3n) is 4.90. The Balaban J connectivity index is 1.66. The van der Waals surface area contributed by atoms with Gasteiger partial charge in [0.05, 0.1) is 30.9 Å². The highest BCUT2D eigenvalue weighted by Crippen LogP contribution is 2.34. The number of morpholine rings is 1. The molecule has 3 heterocycles. The van der Waals surface area contributed by atoms with Crippen molar-refractivity contribution in [1.29, 1.82) is 0 Å². The molecule has 1 aromatic carbocycles. The Morgan fingerprint density at radius 1 is 1.30 bits per heavy atom. The molecule has 0 radical (unpaired) electrons. The second-order valence-electron chi connectivity index (χ2n) is 6.68. The maximum absolute atomic E-state index is 12.9. The van der Waals surface area contributed by atoms with Gasteiger partial charge in [-0.2, -0.15) is 13.2 Å². The second kappa shape index (κ2) is 7.33. The van der Waals surface area contributed by atoms with Crippen molar-refractivity contribution < 1.29 is 27.8 Å². The Morgan fingerprint density at radius 3 is 2.63 bits per heavy atom. The molecule has 2 aromatic heterocycles. The van der Waals surface area contributed by atoms with E-state index >= 15 is 0 Å². The van der Waals surface area contributed by atoms with Crippen LogP contribution < -0.4 is 5.56 Å². The Hall–Kier alpha value is -3.05. The van der Waals surface area contributed by atoms with Crippen molar-refractivity contribution in [1.82, 2.24) is 19.4 Å². The first-order valence-corrected chi connectivity index (χ1v) is 9.07. The topological polar surface area (TPSA) is 100 Å². The number of hydrogen-bond acceptors (Lipinski definition) is 4. The van der Waals surface area contributed by atoms with E-state index in [0.29, 0.717) is 22.3 Å². The summed E-state index contributed by atoms with van der Waals surface area (Å²) in [5, 5.41) is 9.91. The molecule has 2 atom stereocenters. The van der Waals surface area contributed by atoms with Crippen LogP contribution in [-0.4, -0.2) is 56.1 Å². The molecule has 1 amide bonds. The van der Waals surface area contributed by atoms with Crippen LogP contribution in [0.4, 0.5) is 18.0 Å². The fraction of sp³-hybridized carbons (Fsp3) is 0.278. The highest BCUT2D eigenvalue weighted by molar-refractivity contribution is 6.31. The minimum absolute atomic E-state index is 0.239. The van der Waals surface area contributed by atoms with Gasteiger partial charge in [-0.1, -0.05) is 23.7 Å². The van der Waals surface area contributed by atoms with Gasteiger partial charge in [-0.25, -0.2) is 9.78 Å². The number of carboxylic acid groups (broad SMARTS) is 1. The van der Waals surface area contributed by atoms with E-state index in [1.807, 2.05) is 0 Å². The zero-order chi connectivity index (χ0) is 21.6. The van der Waals surface area contributed by atoms with Crippen LogP contribution in [0.1, 0.15) is 11.6 Å². The van der Waals surface area contributed by atoms with E-state index in [1.54, 1.807) is 24.3 Å². The monoisotopic (exact) mass is 442 g/mol. The maximum Gasteiger partial charge on any atom is 0.416 e. The van der Waals surface area contributed by atoms with Crippen molar-refractivity contribution in [3.8, 4) is 5.69 Å². The van der Waals surface area contributed by atoms with Crippen LogP contribution in [0.5, 0.6) is 0 Å². The molecular formula is C18H14ClF3N4O4. The first kappa shape index (κ1) is 20.2. The molecule has 4 rings (SSSR count). The number of alkyl halides is 3. The van der Waals surface area contributed by atoms with E-state index in [2.05, 4.69) is 9.97 Å². The van der Waals surface area contributed by atoms with E-state index in [4.69, 9.17) is 16.3 Å². The lowest BCUT2D eigenvalue weighted by Crippen LogP contribution is -2.52. The van der Waals surface area contributed by atoms with Gasteiger partial charge in [0, 0.05) is 5.69 Å². The molecule has 1 saturated heterocycles. The third kappa shape index (κ3) is 3.50. The molecule has 0 saturated carbocycles. The fourth-order valence-corrected chi connectivity index (χ4v) is 3.71. The first-order chi connectivity index (χ1) is 14.2.